The van der Waals surface area contributed by atoms with E-state index in [4.69, 9.17) is 9.47 Å². The Kier molecular flexibility index (Phi) is 12.4. The zero-order valence-corrected chi connectivity index (χ0v) is 31.5. The maximum atomic E-state index is 11.7. The van der Waals surface area contributed by atoms with Crippen LogP contribution in [0, 0.1) is 0 Å². The van der Waals surface area contributed by atoms with Crippen molar-refractivity contribution < 1.29 is 34.7 Å². The molecule has 20 heteroatoms. The Labute approximate surface area is 288 Å². The molecule has 0 saturated heterocycles. The van der Waals surface area contributed by atoms with Crippen molar-refractivity contribution in [2.24, 2.45) is 0 Å². The van der Waals surface area contributed by atoms with E-state index in [1.54, 1.807) is 18.3 Å². The monoisotopic (exact) mass is 838 g/mol. The molecular formula is C26H28Br2N6O8S4. The minimum absolute atomic E-state index is 0.00586. The molecule has 0 aliphatic heterocycles. The molecule has 14 nitrogen and oxygen atoms in total. The molecule has 0 spiro atoms. The van der Waals surface area contributed by atoms with E-state index < -0.39 is 29.5 Å². The fourth-order valence-electron chi connectivity index (χ4n) is 3.44. The normalized spacial score (nSPS) is 11.7. The van der Waals surface area contributed by atoms with E-state index in [-0.39, 0.29) is 25.2 Å². The SMILES string of the molecule is COc1cc(Nc2ncc(Br)c(S(C)(=O)=O)n2)cc(S(C)(=O)=O)c1.COc1cc(Nc2ncc(Br)c(SC)n2)cc(S(C)(=O)=O)c1. The first kappa shape index (κ1) is 37.4. The average molecular weight is 841 g/mol. The van der Waals surface area contributed by atoms with Crippen molar-refractivity contribution >= 4 is 96.4 Å². The Morgan fingerprint density at radius 3 is 1.48 bits per heavy atom. The van der Waals surface area contributed by atoms with Gasteiger partial charge in [0.05, 0.1) is 33.0 Å². The van der Waals surface area contributed by atoms with Gasteiger partial charge in [0.1, 0.15) is 16.5 Å². The van der Waals surface area contributed by atoms with Gasteiger partial charge in [-0.15, -0.1) is 11.8 Å². The lowest BCUT2D eigenvalue weighted by atomic mass is 10.3. The summed E-state index contributed by atoms with van der Waals surface area (Å²) in [5.74, 6) is 1.14. The number of methoxy groups -OCH3 is 2. The van der Waals surface area contributed by atoms with Crippen LogP contribution in [0.5, 0.6) is 11.5 Å². The molecule has 4 aromatic rings. The van der Waals surface area contributed by atoms with Crippen LogP contribution in [0.25, 0.3) is 0 Å². The first-order valence-corrected chi connectivity index (χ1v) is 20.9. The van der Waals surface area contributed by atoms with Gasteiger partial charge in [0.2, 0.25) is 11.9 Å². The molecule has 0 amide bonds. The summed E-state index contributed by atoms with van der Waals surface area (Å²) in [7, 11) is -7.46. The molecule has 0 bridgehead atoms. The third-order valence-corrected chi connectivity index (χ3v) is 11.1. The zero-order valence-electron chi connectivity index (χ0n) is 25.1. The van der Waals surface area contributed by atoms with Gasteiger partial charge in [-0.1, -0.05) is 0 Å². The smallest absolute Gasteiger partial charge is 0.228 e. The van der Waals surface area contributed by atoms with Crippen molar-refractivity contribution in [1.82, 2.24) is 19.9 Å². The first-order chi connectivity index (χ1) is 21.3. The van der Waals surface area contributed by atoms with Crippen molar-refractivity contribution in [2.75, 3.05) is 49.9 Å². The standard InChI is InChI=1S/C13H14BrN3O5S2.C13H14BrN3O3S2/c1-22-9-4-8(5-10(6-9)23(2,18)19)16-13-15-7-11(14)12(17-13)24(3,20)21;1-20-9-4-8(5-10(6-9)22(3,18)19)16-13-15-7-11(14)12(17-13)21-2/h4-7H,1-3H3,(H,15,16,17);4-7H,1-3H3,(H,15,16,17). The van der Waals surface area contributed by atoms with Crippen molar-refractivity contribution in [3.63, 3.8) is 0 Å². The second kappa shape index (κ2) is 15.2. The number of benzene rings is 2. The Bertz CT molecular complexity index is 2080. The highest BCUT2D eigenvalue weighted by Gasteiger charge is 2.17. The molecule has 4 rings (SSSR count). The van der Waals surface area contributed by atoms with Crippen LogP contribution in [0.1, 0.15) is 0 Å². The lowest BCUT2D eigenvalue weighted by Gasteiger charge is -2.10. The second-order valence-electron chi connectivity index (χ2n) is 9.26. The van der Waals surface area contributed by atoms with Gasteiger partial charge in [0.25, 0.3) is 0 Å². The number of sulfone groups is 3. The van der Waals surface area contributed by atoms with Crippen LogP contribution >= 0.6 is 43.6 Å². The molecule has 2 aromatic heterocycles. The molecule has 2 aromatic carbocycles. The number of halogens is 2. The lowest BCUT2D eigenvalue weighted by molar-refractivity contribution is 0.413. The quantitative estimate of drug-likeness (QED) is 0.161. The van der Waals surface area contributed by atoms with Crippen LogP contribution in [0.2, 0.25) is 0 Å². The molecule has 0 saturated carbocycles. The minimum Gasteiger partial charge on any atom is -0.497 e. The summed E-state index contributed by atoms with van der Waals surface area (Å²) < 4.78 is 81.6. The van der Waals surface area contributed by atoms with Gasteiger partial charge in [0.15, 0.2) is 34.5 Å². The molecule has 2 N–H and O–H groups in total. The summed E-state index contributed by atoms with van der Waals surface area (Å²) in [5.41, 5.74) is 0.880. The second-order valence-corrected chi connectivity index (χ2v) is 17.7. The van der Waals surface area contributed by atoms with Gasteiger partial charge in [-0.25, -0.2) is 40.2 Å². The fraction of sp³-hybridized carbons (Fsp3) is 0.231. The van der Waals surface area contributed by atoms with Gasteiger partial charge in [-0.2, -0.15) is 4.98 Å². The van der Waals surface area contributed by atoms with Crippen LogP contribution < -0.4 is 20.1 Å². The van der Waals surface area contributed by atoms with E-state index in [9.17, 15) is 25.3 Å². The predicted molar refractivity (Wildman–Crippen MR) is 183 cm³/mol. The molecule has 2 heterocycles. The van der Waals surface area contributed by atoms with Crippen LogP contribution in [-0.2, 0) is 29.5 Å². The summed E-state index contributed by atoms with van der Waals surface area (Å²) in [6, 6.07) is 8.96. The molecule has 0 aliphatic rings. The summed E-state index contributed by atoms with van der Waals surface area (Å²) in [6.07, 6.45) is 8.08. The van der Waals surface area contributed by atoms with Crippen molar-refractivity contribution in [3.8, 4) is 11.5 Å². The highest BCUT2D eigenvalue weighted by atomic mass is 79.9. The van der Waals surface area contributed by atoms with E-state index in [1.165, 1.54) is 56.4 Å². The molecule has 0 unspecified atom stereocenters. The Hall–Kier alpha value is -3.04. The van der Waals surface area contributed by atoms with E-state index in [0.717, 1.165) is 28.3 Å². The van der Waals surface area contributed by atoms with E-state index in [0.29, 0.717) is 28.8 Å². The number of hydrogen-bond acceptors (Lipinski definition) is 15. The van der Waals surface area contributed by atoms with Gasteiger partial charge in [-0.3, -0.25) is 0 Å². The van der Waals surface area contributed by atoms with Crippen molar-refractivity contribution in [3.05, 3.63) is 57.7 Å². The molecule has 0 aliphatic carbocycles. The number of aromatic nitrogens is 4. The summed E-state index contributed by atoms with van der Waals surface area (Å²) in [6.45, 7) is 0. The molecule has 0 atom stereocenters. The molecule has 0 radical (unpaired) electrons. The largest absolute Gasteiger partial charge is 0.497 e. The van der Waals surface area contributed by atoms with Crippen molar-refractivity contribution in [2.45, 2.75) is 19.8 Å². The van der Waals surface area contributed by atoms with E-state index in [1.807, 2.05) is 6.26 Å². The highest BCUT2D eigenvalue weighted by Crippen LogP contribution is 2.29. The predicted octanol–water partition coefficient (Wildman–Crippen LogP) is 4.92. The van der Waals surface area contributed by atoms with Gasteiger partial charge in [0, 0.05) is 54.7 Å². The maximum absolute atomic E-state index is 11.7. The maximum Gasteiger partial charge on any atom is 0.228 e. The van der Waals surface area contributed by atoms with E-state index in [2.05, 4.69) is 62.4 Å². The minimum atomic E-state index is -3.55. The zero-order chi connectivity index (χ0) is 34.4. The Morgan fingerprint density at radius 1 is 0.652 bits per heavy atom. The number of ether oxygens (including phenoxy) is 2. The summed E-state index contributed by atoms with van der Waals surface area (Å²) >= 11 is 7.92. The average Bonchev–Trinajstić information content (AvgIpc) is 2.97. The summed E-state index contributed by atoms with van der Waals surface area (Å²) in [4.78, 5) is 16.6. The highest BCUT2D eigenvalue weighted by molar-refractivity contribution is 9.10. The van der Waals surface area contributed by atoms with E-state index >= 15 is 0 Å². The van der Waals surface area contributed by atoms with Gasteiger partial charge < -0.3 is 20.1 Å². The topological polar surface area (TPSA) is 196 Å². The Morgan fingerprint density at radius 2 is 1.09 bits per heavy atom. The van der Waals surface area contributed by atoms with Crippen LogP contribution in [0.4, 0.5) is 23.3 Å². The number of hydrogen-bond donors (Lipinski definition) is 2. The fourth-order valence-corrected chi connectivity index (χ4v) is 7.61. The van der Waals surface area contributed by atoms with Crippen LogP contribution in [-0.4, -0.2) is 84.4 Å². The lowest BCUT2D eigenvalue weighted by Crippen LogP contribution is -2.06. The number of anilines is 4. The third-order valence-electron chi connectivity index (χ3n) is 5.57. The Balaban J connectivity index is 0.000000251. The number of nitrogens with one attached hydrogen (secondary N) is 2. The van der Waals surface area contributed by atoms with Gasteiger partial charge >= 0.3 is 0 Å². The first-order valence-electron chi connectivity index (χ1n) is 12.5. The summed E-state index contributed by atoms with van der Waals surface area (Å²) in [5, 5.41) is 6.38. The van der Waals surface area contributed by atoms with Crippen LogP contribution in [0.3, 0.4) is 0 Å². The molecule has 248 valence electrons. The van der Waals surface area contributed by atoms with Crippen LogP contribution in [0.15, 0.2) is 77.6 Å². The number of nitrogens with zero attached hydrogens (tertiary/aromatic N) is 4. The molecule has 0 fully saturated rings. The van der Waals surface area contributed by atoms with Crippen molar-refractivity contribution in [1.29, 1.82) is 0 Å². The molecule has 46 heavy (non-hydrogen) atoms. The molecular weight excluding hydrogens is 812 g/mol. The third kappa shape index (κ3) is 10.5. The number of thioether (sulfide) groups is 1. The number of rotatable bonds is 10. The van der Waals surface area contributed by atoms with Gasteiger partial charge in [-0.05, 0) is 62.4 Å².